The monoisotopic (exact) mass is 268 g/mol. The van der Waals surface area contributed by atoms with Crippen LogP contribution < -0.4 is 0 Å². The van der Waals surface area contributed by atoms with Gasteiger partial charge in [-0.2, -0.15) is 0 Å². The first kappa shape index (κ1) is 11.8. The molecule has 92 valence electrons. The zero-order valence-electron chi connectivity index (χ0n) is 10.3. The van der Waals surface area contributed by atoms with Crippen molar-refractivity contribution >= 4 is 29.0 Å². The Morgan fingerprint density at radius 2 is 2.18 bits per heavy atom. The molecule has 1 aliphatic heterocycles. The largest absolute Gasteiger partial charge is 0.364 e. The minimum atomic E-state index is 0.0295. The van der Waals surface area contributed by atoms with Crippen LogP contribution in [0.2, 0.25) is 4.34 Å². The van der Waals surface area contributed by atoms with Crippen molar-refractivity contribution in [3.63, 3.8) is 0 Å². The molecule has 1 saturated carbocycles. The SMILES string of the molecule is CC1(C)CCCC(=Cc2ccc(Cl)s2)C12CO2. The van der Waals surface area contributed by atoms with E-state index in [-0.39, 0.29) is 11.0 Å². The standard InChI is InChI=1S/C14H17ClOS/c1-13(2)7-3-4-10(14(13)9-16-14)8-11-5-6-12(15)17-11/h5-6,8H,3-4,7,9H2,1-2H3. The second-order valence-corrected chi connectivity index (χ2v) is 7.41. The Kier molecular flexibility index (Phi) is 2.66. The molecule has 1 nitrogen and oxygen atoms in total. The number of rotatable bonds is 1. The van der Waals surface area contributed by atoms with Crippen molar-refractivity contribution < 1.29 is 4.74 Å². The lowest BCUT2D eigenvalue weighted by Gasteiger charge is -2.38. The molecule has 0 aromatic carbocycles. The third-order valence-corrected chi connectivity index (χ3v) is 5.38. The van der Waals surface area contributed by atoms with Crippen molar-refractivity contribution in [3.8, 4) is 0 Å². The summed E-state index contributed by atoms with van der Waals surface area (Å²) in [6, 6.07) is 4.06. The van der Waals surface area contributed by atoms with Gasteiger partial charge in [0.05, 0.1) is 10.9 Å². The minimum Gasteiger partial charge on any atom is -0.364 e. The Morgan fingerprint density at radius 3 is 2.76 bits per heavy atom. The van der Waals surface area contributed by atoms with Crippen LogP contribution in [-0.2, 0) is 4.74 Å². The summed E-state index contributed by atoms with van der Waals surface area (Å²) in [5, 5.41) is 0. The van der Waals surface area contributed by atoms with Gasteiger partial charge in [-0.15, -0.1) is 11.3 Å². The van der Waals surface area contributed by atoms with Crippen molar-refractivity contribution in [2.75, 3.05) is 6.61 Å². The zero-order valence-corrected chi connectivity index (χ0v) is 11.8. The summed E-state index contributed by atoms with van der Waals surface area (Å²) < 4.78 is 6.71. The molecule has 1 saturated heterocycles. The molecule has 3 heteroatoms. The van der Waals surface area contributed by atoms with E-state index in [2.05, 4.69) is 26.0 Å². The van der Waals surface area contributed by atoms with Crippen molar-refractivity contribution in [2.24, 2.45) is 5.41 Å². The van der Waals surface area contributed by atoms with Crippen molar-refractivity contribution in [1.29, 1.82) is 0 Å². The quantitative estimate of drug-likeness (QED) is 0.669. The highest BCUT2D eigenvalue weighted by Crippen LogP contribution is 2.57. The molecule has 1 aromatic rings. The molecule has 1 spiro atoms. The third-order valence-electron chi connectivity index (χ3n) is 4.20. The van der Waals surface area contributed by atoms with Gasteiger partial charge in [0.15, 0.2) is 0 Å². The number of ether oxygens (including phenoxy) is 1. The number of hydrogen-bond donors (Lipinski definition) is 0. The highest BCUT2D eigenvalue weighted by molar-refractivity contribution is 7.17. The Labute approximate surface area is 111 Å². The summed E-state index contributed by atoms with van der Waals surface area (Å²) in [5.74, 6) is 0. The second kappa shape index (κ2) is 3.84. The molecule has 0 bridgehead atoms. The van der Waals surface area contributed by atoms with E-state index in [1.165, 1.54) is 29.7 Å². The maximum absolute atomic E-state index is 5.98. The van der Waals surface area contributed by atoms with Crippen LogP contribution >= 0.6 is 22.9 Å². The molecule has 1 aromatic heterocycles. The van der Waals surface area contributed by atoms with Crippen LogP contribution in [0.3, 0.4) is 0 Å². The first-order chi connectivity index (χ1) is 8.03. The first-order valence-corrected chi connectivity index (χ1v) is 7.33. The van der Waals surface area contributed by atoms with E-state index in [0.29, 0.717) is 0 Å². The number of hydrogen-bond acceptors (Lipinski definition) is 2. The van der Waals surface area contributed by atoms with E-state index in [9.17, 15) is 0 Å². The number of epoxide rings is 1. The van der Waals surface area contributed by atoms with E-state index >= 15 is 0 Å². The van der Waals surface area contributed by atoms with Gasteiger partial charge in [-0.1, -0.05) is 25.4 Å². The average molecular weight is 269 g/mol. The van der Waals surface area contributed by atoms with Gasteiger partial charge in [0.2, 0.25) is 0 Å². The van der Waals surface area contributed by atoms with Gasteiger partial charge < -0.3 is 4.74 Å². The molecule has 17 heavy (non-hydrogen) atoms. The summed E-state index contributed by atoms with van der Waals surface area (Å²) in [5.41, 5.74) is 1.77. The summed E-state index contributed by atoms with van der Waals surface area (Å²) in [6.07, 6.45) is 5.99. The van der Waals surface area contributed by atoms with E-state index in [1.807, 2.05) is 6.07 Å². The van der Waals surface area contributed by atoms with E-state index in [0.717, 1.165) is 10.9 Å². The molecular formula is C14H17ClOS. The van der Waals surface area contributed by atoms with Crippen molar-refractivity contribution in [2.45, 2.75) is 38.7 Å². The smallest absolute Gasteiger partial charge is 0.118 e. The first-order valence-electron chi connectivity index (χ1n) is 6.14. The van der Waals surface area contributed by atoms with Gasteiger partial charge in [-0.3, -0.25) is 0 Å². The Morgan fingerprint density at radius 1 is 1.41 bits per heavy atom. The maximum Gasteiger partial charge on any atom is 0.118 e. The fourth-order valence-corrected chi connectivity index (χ4v) is 4.00. The molecule has 2 heterocycles. The molecule has 2 fully saturated rings. The van der Waals surface area contributed by atoms with Gasteiger partial charge in [0, 0.05) is 4.88 Å². The van der Waals surface area contributed by atoms with Crippen LogP contribution in [0.4, 0.5) is 0 Å². The normalized spacial score (nSPS) is 33.2. The van der Waals surface area contributed by atoms with Crippen LogP contribution in [0.5, 0.6) is 0 Å². The molecule has 3 rings (SSSR count). The summed E-state index contributed by atoms with van der Waals surface area (Å²) in [6.45, 7) is 5.55. The lowest BCUT2D eigenvalue weighted by molar-refractivity contribution is 0.131. The second-order valence-electron chi connectivity index (χ2n) is 5.66. The fourth-order valence-electron chi connectivity index (χ4n) is 2.97. The number of thiophene rings is 1. The molecule has 0 amide bonds. The molecule has 1 aliphatic carbocycles. The highest BCUT2D eigenvalue weighted by atomic mass is 35.5. The maximum atomic E-state index is 5.98. The third kappa shape index (κ3) is 1.87. The Balaban J connectivity index is 1.95. The van der Waals surface area contributed by atoms with Crippen molar-refractivity contribution in [3.05, 3.63) is 26.9 Å². The average Bonchev–Trinajstić information content (AvgIpc) is 2.96. The molecule has 1 unspecified atom stereocenters. The minimum absolute atomic E-state index is 0.0295. The van der Waals surface area contributed by atoms with Crippen molar-refractivity contribution in [1.82, 2.24) is 0 Å². The van der Waals surface area contributed by atoms with Crippen LogP contribution in [0, 0.1) is 5.41 Å². The van der Waals surface area contributed by atoms with Gasteiger partial charge in [-0.25, -0.2) is 0 Å². The Bertz CT molecular complexity index is 468. The topological polar surface area (TPSA) is 12.5 Å². The van der Waals surface area contributed by atoms with Gasteiger partial charge >= 0.3 is 0 Å². The molecule has 0 radical (unpaired) electrons. The molecule has 0 N–H and O–H groups in total. The van der Waals surface area contributed by atoms with E-state index in [1.54, 1.807) is 11.3 Å². The number of halogens is 1. The highest BCUT2D eigenvalue weighted by Gasteiger charge is 2.59. The molecule has 2 aliphatic rings. The van der Waals surface area contributed by atoms with Gasteiger partial charge in [0.25, 0.3) is 0 Å². The van der Waals surface area contributed by atoms with Crippen LogP contribution in [0.1, 0.15) is 38.0 Å². The predicted molar refractivity (Wildman–Crippen MR) is 73.6 cm³/mol. The van der Waals surface area contributed by atoms with Gasteiger partial charge in [-0.05, 0) is 48.5 Å². The summed E-state index contributed by atoms with van der Waals surface area (Å²) in [7, 11) is 0. The zero-order chi connectivity index (χ0) is 12.1. The predicted octanol–water partition coefficient (Wildman–Crippen LogP) is 4.76. The lowest BCUT2D eigenvalue weighted by atomic mass is 9.66. The van der Waals surface area contributed by atoms with Crippen LogP contribution in [0.15, 0.2) is 17.7 Å². The van der Waals surface area contributed by atoms with Crippen LogP contribution in [0.25, 0.3) is 6.08 Å². The summed E-state index contributed by atoms with van der Waals surface area (Å²) >= 11 is 7.62. The van der Waals surface area contributed by atoms with E-state index < -0.39 is 0 Å². The fraction of sp³-hybridized carbons (Fsp3) is 0.571. The summed E-state index contributed by atoms with van der Waals surface area (Å²) in [4.78, 5) is 1.25. The lowest BCUT2D eigenvalue weighted by Crippen LogP contribution is -2.38. The molecule has 1 atom stereocenters. The van der Waals surface area contributed by atoms with Gasteiger partial charge in [0.1, 0.15) is 5.60 Å². The molecular weight excluding hydrogens is 252 g/mol. The Hall–Kier alpha value is -0.310. The van der Waals surface area contributed by atoms with Crippen LogP contribution in [-0.4, -0.2) is 12.2 Å². The van der Waals surface area contributed by atoms with E-state index in [4.69, 9.17) is 16.3 Å².